The van der Waals surface area contributed by atoms with E-state index in [9.17, 15) is 9.59 Å². The zero-order chi connectivity index (χ0) is 15.8. The third-order valence-corrected chi connectivity index (χ3v) is 3.75. The minimum absolute atomic E-state index is 0.323. The SMILES string of the molecule is CCCCCCCCCCCCCCCC(=O)NC(=O)O. The Balaban J connectivity index is 3.09. The summed E-state index contributed by atoms with van der Waals surface area (Å²) in [6, 6.07) is 0. The number of unbranched alkanes of at least 4 members (excludes halogenated alkanes) is 12. The van der Waals surface area contributed by atoms with Crippen molar-refractivity contribution < 1.29 is 14.7 Å². The van der Waals surface area contributed by atoms with Gasteiger partial charge in [-0.15, -0.1) is 0 Å². The largest absolute Gasteiger partial charge is 0.465 e. The van der Waals surface area contributed by atoms with E-state index in [1.807, 2.05) is 5.32 Å². The van der Waals surface area contributed by atoms with E-state index >= 15 is 0 Å². The molecule has 2 N–H and O–H groups in total. The van der Waals surface area contributed by atoms with Crippen LogP contribution in [0.1, 0.15) is 96.8 Å². The molecule has 0 heterocycles. The van der Waals surface area contributed by atoms with Crippen molar-refractivity contribution in [1.29, 1.82) is 0 Å². The van der Waals surface area contributed by atoms with Crippen LogP contribution in [0.5, 0.6) is 0 Å². The topological polar surface area (TPSA) is 66.4 Å². The van der Waals surface area contributed by atoms with Crippen LogP contribution in [0.3, 0.4) is 0 Å². The van der Waals surface area contributed by atoms with Gasteiger partial charge in [-0.3, -0.25) is 10.1 Å². The highest BCUT2D eigenvalue weighted by Crippen LogP contribution is 2.12. The number of carboxylic acid groups (broad SMARTS) is 1. The van der Waals surface area contributed by atoms with E-state index in [0.717, 1.165) is 19.3 Å². The average molecular weight is 299 g/mol. The second kappa shape index (κ2) is 15.3. The average Bonchev–Trinajstić information content (AvgIpc) is 2.43. The highest BCUT2D eigenvalue weighted by Gasteiger charge is 2.04. The van der Waals surface area contributed by atoms with E-state index in [2.05, 4.69) is 6.92 Å². The molecule has 0 aliphatic heterocycles. The molecule has 0 aromatic carbocycles. The van der Waals surface area contributed by atoms with Crippen LogP contribution < -0.4 is 5.32 Å². The Morgan fingerprint density at radius 1 is 0.714 bits per heavy atom. The van der Waals surface area contributed by atoms with E-state index in [4.69, 9.17) is 5.11 Å². The number of carbonyl (C=O) groups excluding carboxylic acids is 1. The fourth-order valence-corrected chi connectivity index (χ4v) is 2.49. The predicted molar refractivity (Wildman–Crippen MR) is 86.5 cm³/mol. The Morgan fingerprint density at radius 3 is 1.48 bits per heavy atom. The minimum Gasteiger partial charge on any atom is -0.465 e. The van der Waals surface area contributed by atoms with Gasteiger partial charge < -0.3 is 5.11 Å². The van der Waals surface area contributed by atoms with Crippen molar-refractivity contribution in [3.63, 3.8) is 0 Å². The van der Waals surface area contributed by atoms with Crippen LogP contribution in [0.2, 0.25) is 0 Å². The van der Waals surface area contributed by atoms with Crippen molar-refractivity contribution in [2.75, 3.05) is 0 Å². The number of amides is 2. The molecule has 0 unspecified atom stereocenters. The van der Waals surface area contributed by atoms with Gasteiger partial charge in [0.2, 0.25) is 5.91 Å². The Kier molecular flexibility index (Phi) is 14.6. The molecule has 2 amide bonds. The second-order valence-corrected chi connectivity index (χ2v) is 5.85. The first-order chi connectivity index (χ1) is 10.2. The molecule has 0 aliphatic rings. The second-order valence-electron chi connectivity index (χ2n) is 5.85. The van der Waals surface area contributed by atoms with Gasteiger partial charge in [-0.2, -0.15) is 0 Å². The summed E-state index contributed by atoms with van der Waals surface area (Å²) in [7, 11) is 0. The maximum absolute atomic E-state index is 11.1. The molecule has 0 atom stereocenters. The van der Waals surface area contributed by atoms with E-state index in [1.165, 1.54) is 64.2 Å². The molecule has 0 saturated heterocycles. The van der Waals surface area contributed by atoms with Crippen LogP contribution >= 0.6 is 0 Å². The van der Waals surface area contributed by atoms with Gasteiger partial charge in [0.1, 0.15) is 0 Å². The molecule has 0 rings (SSSR count). The van der Waals surface area contributed by atoms with Gasteiger partial charge in [-0.25, -0.2) is 4.79 Å². The number of carbonyl (C=O) groups is 2. The molecule has 0 aromatic rings. The summed E-state index contributed by atoms with van der Waals surface area (Å²) in [6.45, 7) is 2.25. The first-order valence-corrected chi connectivity index (χ1v) is 8.69. The summed E-state index contributed by atoms with van der Waals surface area (Å²) < 4.78 is 0. The van der Waals surface area contributed by atoms with Crippen molar-refractivity contribution >= 4 is 12.0 Å². The summed E-state index contributed by atoms with van der Waals surface area (Å²) in [5.41, 5.74) is 0. The Bertz CT molecular complexity index is 267. The summed E-state index contributed by atoms with van der Waals surface area (Å²) in [4.78, 5) is 21.3. The van der Waals surface area contributed by atoms with Crippen molar-refractivity contribution in [3.8, 4) is 0 Å². The van der Waals surface area contributed by atoms with Gasteiger partial charge in [0.05, 0.1) is 0 Å². The molecular formula is C17H33NO3. The lowest BCUT2D eigenvalue weighted by Crippen LogP contribution is -2.28. The van der Waals surface area contributed by atoms with Gasteiger partial charge in [-0.05, 0) is 6.42 Å². The first kappa shape index (κ1) is 19.9. The number of hydrogen-bond donors (Lipinski definition) is 2. The van der Waals surface area contributed by atoms with Gasteiger partial charge in [0.25, 0.3) is 0 Å². The lowest BCUT2D eigenvalue weighted by molar-refractivity contribution is -0.120. The van der Waals surface area contributed by atoms with Crippen LogP contribution in [-0.4, -0.2) is 17.1 Å². The van der Waals surface area contributed by atoms with Crippen molar-refractivity contribution in [3.05, 3.63) is 0 Å². The molecule has 4 heteroatoms. The molecule has 4 nitrogen and oxygen atoms in total. The molecule has 0 bridgehead atoms. The summed E-state index contributed by atoms with van der Waals surface area (Å²) >= 11 is 0. The highest BCUT2D eigenvalue weighted by atomic mass is 16.4. The molecule has 124 valence electrons. The Hall–Kier alpha value is -1.06. The van der Waals surface area contributed by atoms with E-state index in [1.54, 1.807) is 0 Å². The lowest BCUT2D eigenvalue weighted by Gasteiger charge is -2.03. The van der Waals surface area contributed by atoms with Crippen molar-refractivity contribution in [2.24, 2.45) is 0 Å². The quantitative estimate of drug-likeness (QED) is 0.430. The van der Waals surface area contributed by atoms with Crippen molar-refractivity contribution in [1.82, 2.24) is 5.32 Å². The van der Waals surface area contributed by atoms with Gasteiger partial charge >= 0.3 is 6.09 Å². The Morgan fingerprint density at radius 2 is 1.10 bits per heavy atom. The van der Waals surface area contributed by atoms with E-state index in [0.29, 0.717) is 6.42 Å². The molecule has 0 aromatic heterocycles. The fraction of sp³-hybridized carbons (Fsp3) is 0.882. The monoisotopic (exact) mass is 299 g/mol. The van der Waals surface area contributed by atoms with Crippen LogP contribution in [0.15, 0.2) is 0 Å². The summed E-state index contributed by atoms with van der Waals surface area (Å²) in [5, 5.41) is 10.2. The van der Waals surface area contributed by atoms with Crippen LogP contribution in [0.4, 0.5) is 4.79 Å². The van der Waals surface area contributed by atoms with Crippen LogP contribution in [0, 0.1) is 0 Å². The molecule has 0 spiro atoms. The molecule has 0 radical (unpaired) electrons. The van der Waals surface area contributed by atoms with Crippen LogP contribution in [0.25, 0.3) is 0 Å². The first-order valence-electron chi connectivity index (χ1n) is 8.69. The fourth-order valence-electron chi connectivity index (χ4n) is 2.49. The lowest BCUT2D eigenvalue weighted by atomic mass is 10.0. The molecule has 0 fully saturated rings. The minimum atomic E-state index is -1.25. The maximum Gasteiger partial charge on any atom is 0.411 e. The van der Waals surface area contributed by atoms with Gasteiger partial charge in [0, 0.05) is 6.42 Å². The summed E-state index contributed by atoms with van der Waals surface area (Å²) in [6.07, 6.45) is 15.5. The van der Waals surface area contributed by atoms with E-state index < -0.39 is 6.09 Å². The standard InChI is InChI=1S/C17H33NO3/c1-2-3-4-5-6-7-8-9-10-11-12-13-14-15-16(19)18-17(20)21/h2-15H2,1H3,(H,18,19)(H,20,21). The van der Waals surface area contributed by atoms with Crippen LogP contribution in [-0.2, 0) is 4.79 Å². The smallest absolute Gasteiger partial charge is 0.411 e. The normalized spacial score (nSPS) is 10.5. The summed E-state index contributed by atoms with van der Waals surface area (Å²) in [5.74, 6) is -0.384. The predicted octanol–water partition coefficient (Wildman–Crippen LogP) is 5.26. The van der Waals surface area contributed by atoms with Gasteiger partial charge in [-0.1, -0.05) is 84.0 Å². The third-order valence-electron chi connectivity index (χ3n) is 3.75. The third kappa shape index (κ3) is 16.9. The molecule has 0 aliphatic carbocycles. The molecular weight excluding hydrogens is 266 g/mol. The van der Waals surface area contributed by atoms with Crippen molar-refractivity contribution in [2.45, 2.75) is 96.8 Å². The highest BCUT2D eigenvalue weighted by molar-refractivity contribution is 5.90. The number of rotatable bonds is 14. The molecule has 21 heavy (non-hydrogen) atoms. The zero-order valence-corrected chi connectivity index (χ0v) is 13.7. The van der Waals surface area contributed by atoms with Gasteiger partial charge in [0.15, 0.2) is 0 Å². The number of nitrogens with one attached hydrogen (secondary N) is 1. The maximum atomic E-state index is 11.1. The molecule has 0 saturated carbocycles. The number of hydrogen-bond acceptors (Lipinski definition) is 2. The van der Waals surface area contributed by atoms with E-state index in [-0.39, 0.29) is 5.91 Å². The zero-order valence-electron chi connectivity index (χ0n) is 13.7. The Labute approximate surface area is 129 Å². The number of imide groups is 1.